The van der Waals surface area contributed by atoms with Crippen LogP contribution in [-0.2, 0) is 16.0 Å². The summed E-state index contributed by atoms with van der Waals surface area (Å²) < 4.78 is 19.3. The van der Waals surface area contributed by atoms with Crippen LogP contribution in [0.25, 0.3) is 0 Å². The Morgan fingerprint density at radius 1 is 1.50 bits per heavy atom. The maximum atomic E-state index is 13.2. The van der Waals surface area contributed by atoms with Gasteiger partial charge < -0.3 is 15.8 Å². The summed E-state index contributed by atoms with van der Waals surface area (Å²) in [6, 6.07) is 4.84. The number of amides is 1. The first-order valence-corrected chi connectivity index (χ1v) is 8.64. The number of rotatable bonds is 6. The molecule has 0 aromatic heterocycles. The molecule has 4 nitrogen and oxygen atoms in total. The number of benzene rings is 1. The van der Waals surface area contributed by atoms with Crippen LogP contribution in [-0.4, -0.2) is 30.7 Å². The number of nitrogens with two attached hydrogens (primary N) is 1. The maximum absolute atomic E-state index is 13.2. The summed E-state index contributed by atoms with van der Waals surface area (Å²) in [7, 11) is 0. The standard InChI is InChI=1S/C17H24BrFN2O2.ClH/c1-4-23-14-10-17(20,16(14,2)3)15(22)21-8-7-11-5-6-13(19)12(18)9-11;/h5-6,9,14H,4,7-8,10,20H2,1-3H3,(H,21,22);1H. The van der Waals surface area contributed by atoms with Gasteiger partial charge in [-0.2, -0.15) is 0 Å². The number of ether oxygens (including phenoxy) is 1. The van der Waals surface area contributed by atoms with Crippen molar-refractivity contribution in [3.63, 3.8) is 0 Å². The number of hydrogen-bond acceptors (Lipinski definition) is 3. The molecule has 0 aliphatic heterocycles. The van der Waals surface area contributed by atoms with Gasteiger partial charge in [0.2, 0.25) is 5.91 Å². The molecule has 1 aromatic carbocycles. The summed E-state index contributed by atoms with van der Waals surface area (Å²) in [6.45, 7) is 6.95. The third-order valence-electron chi connectivity index (χ3n) is 4.92. The van der Waals surface area contributed by atoms with Crippen molar-refractivity contribution in [2.45, 2.75) is 45.3 Å². The zero-order valence-electron chi connectivity index (χ0n) is 14.2. The van der Waals surface area contributed by atoms with Crippen LogP contribution >= 0.6 is 28.3 Å². The number of carbonyl (C=O) groups is 1. The Morgan fingerprint density at radius 2 is 2.17 bits per heavy atom. The Kier molecular flexibility index (Phi) is 7.23. The van der Waals surface area contributed by atoms with Gasteiger partial charge in [0.25, 0.3) is 0 Å². The average molecular weight is 424 g/mol. The highest BCUT2D eigenvalue weighted by molar-refractivity contribution is 9.10. The topological polar surface area (TPSA) is 64.3 Å². The number of hydrogen-bond donors (Lipinski definition) is 2. The van der Waals surface area contributed by atoms with Crippen LogP contribution in [0.2, 0.25) is 0 Å². The van der Waals surface area contributed by atoms with Gasteiger partial charge in [0.15, 0.2) is 0 Å². The smallest absolute Gasteiger partial charge is 0.240 e. The molecule has 0 bridgehead atoms. The van der Waals surface area contributed by atoms with E-state index in [0.29, 0.717) is 30.5 Å². The Labute approximate surface area is 157 Å². The molecule has 0 spiro atoms. The predicted octanol–water partition coefficient (Wildman–Crippen LogP) is 3.20. The molecule has 136 valence electrons. The fourth-order valence-corrected chi connectivity index (χ4v) is 3.42. The Balaban J connectivity index is 0.00000288. The van der Waals surface area contributed by atoms with E-state index in [1.54, 1.807) is 12.1 Å². The summed E-state index contributed by atoms with van der Waals surface area (Å²) in [5, 5.41) is 2.90. The van der Waals surface area contributed by atoms with Crippen LogP contribution in [0.3, 0.4) is 0 Å². The minimum atomic E-state index is -0.907. The highest BCUT2D eigenvalue weighted by Gasteiger charge is 2.62. The molecule has 1 fully saturated rings. The minimum Gasteiger partial charge on any atom is -0.378 e. The van der Waals surface area contributed by atoms with Gasteiger partial charge in [-0.25, -0.2) is 4.39 Å². The fourth-order valence-electron chi connectivity index (χ4n) is 2.99. The van der Waals surface area contributed by atoms with Crippen LogP contribution in [0.5, 0.6) is 0 Å². The number of halogens is 3. The van der Waals surface area contributed by atoms with E-state index in [4.69, 9.17) is 10.5 Å². The summed E-state index contributed by atoms with van der Waals surface area (Å²) in [5.74, 6) is -0.448. The summed E-state index contributed by atoms with van der Waals surface area (Å²) >= 11 is 3.16. The lowest BCUT2D eigenvalue weighted by Gasteiger charge is -2.57. The normalized spacial score (nSPS) is 24.7. The Bertz CT molecular complexity index is 600. The van der Waals surface area contributed by atoms with E-state index in [-0.39, 0.29) is 30.2 Å². The molecular formula is C17H25BrClFN2O2. The van der Waals surface area contributed by atoms with Crippen LogP contribution in [0.1, 0.15) is 32.8 Å². The lowest BCUT2D eigenvalue weighted by molar-refractivity contribution is -0.170. The van der Waals surface area contributed by atoms with Gasteiger partial charge in [0.05, 0.1) is 10.6 Å². The lowest BCUT2D eigenvalue weighted by atomic mass is 9.54. The largest absolute Gasteiger partial charge is 0.378 e. The average Bonchev–Trinajstić information content (AvgIpc) is 2.50. The molecule has 0 radical (unpaired) electrons. The van der Waals surface area contributed by atoms with Gasteiger partial charge in [-0.3, -0.25) is 4.79 Å². The van der Waals surface area contributed by atoms with Crippen LogP contribution in [0, 0.1) is 11.2 Å². The molecule has 0 heterocycles. The van der Waals surface area contributed by atoms with Crippen LogP contribution < -0.4 is 11.1 Å². The van der Waals surface area contributed by atoms with E-state index in [1.165, 1.54) is 6.07 Å². The Hall–Kier alpha value is -0.690. The molecule has 0 saturated heterocycles. The minimum absolute atomic E-state index is 0. The molecule has 2 unspecified atom stereocenters. The summed E-state index contributed by atoms with van der Waals surface area (Å²) in [5.41, 5.74) is 5.96. The van der Waals surface area contributed by atoms with E-state index in [2.05, 4.69) is 21.2 Å². The third-order valence-corrected chi connectivity index (χ3v) is 5.53. The van der Waals surface area contributed by atoms with Gasteiger partial charge in [-0.1, -0.05) is 19.9 Å². The molecule has 1 aliphatic rings. The molecule has 1 aromatic rings. The highest BCUT2D eigenvalue weighted by Crippen LogP contribution is 2.49. The molecule has 24 heavy (non-hydrogen) atoms. The van der Waals surface area contributed by atoms with Crippen molar-refractivity contribution in [1.29, 1.82) is 0 Å². The molecule has 7 heteroatoms. The second-order valence-corrected chi connectivity index (χ2v) is 7.45. The van der Waals surface area contributed by atoms with Crippen molar-refractivity contribution in [1.82, 2.24) is 5.32 Å². The third kappa shape index (κ3) is 3.93. The number of carbonyl (C=O) groups excluding carboxylic acids is 1. The van der Waals surface area contributed by atoms with Crippen LogP contribution in [0.15, 0.2) is 22.7 Å². The molecule has 3 N–H and O–H groups in total. The predicted molar refractivity (Wildman–Crippen MR) is 98.8 cm³/mol. The Morgan fingerprint density at radius 3 is 2.71 bits per heavy atom. The highest BCUT2D eigenvalue weighted by atomic mass is 79.9. The molecule has 1 saturated carbocycles. The second-order valence-electron chi connectivity index (χ2n) is 6.60. The van der Waals surface area contributed by atoms with Gasteiger partial charge in [0, 0.05) is 25.0 Å². The second kappa shape index (κ2) is 8.13. The van der Waals surface area contributed by atoms with E-state index in [1.807, 2.05) is 20.8 Å². The van der Waals surface area contributed by atoms with E-state index >= 15 is 0 Å². The van der Waals surface area contributed by atoms with Gasteiger partial charge in [0.1, 0.15) is 11.4 Å². The van der Waals surface area contributed by atoms with Gasteiger partial charge in [-0.15, -0.1) is 12.4 Å². The zero-order valence-corrected chi connectivity index (χ0v) is 16.6. The van der Waals surface area contributed by atoms with Crippen molar-refractivity contribution in [3.05, 3.63) is 34.1 Å². The van der Waals surface area contributed by atoms with Crippen molar-refractivity contribution < 1.29 is 13.9 Å². The number of nitrogens with one attached hydrogen (secondary N) is 1. The van der Waals surface area contributed by atoms with Crippen molar-refractivity contribution >= 4 is 34.2 Å². The first-order chi connectivity index (χ1) is 10.7. The van der Waals surface area contributed by atoms with E-state index in [0.717, 1.165) is 5.56 Å². The fraction of sp³-hybridized carbons (Fsp3) is 0.588. The van der Waals surface area contributed by atoms with Crippen molar-refractivity contribution in [2.24, 2.45) is 11.1 Å². The molecule has 2 atom stereocenters. The summed E-state index contributed by atoms with van der Waals surface area (Å²) in [4.78, 5) is 12.5. The zero-order chi connectivity index (χ0) is 17.3. The first kappa shape index (κ1) is 21.4. The molecular weight excluding hydrogens is 399 g/mol. The SMILES string of the molecule is CCOC1CC(N)(C(=O)NCCc2ccc(F)c(Br)c2)C1(C)C.Cl. The maximum Gasteiger partial charge on any atom is 0.240 e. The molecule has 1 aliphatic carbocycles. The van der Waals surface area contributed by atoms with Crippen molar-refractivity contribution in [3.8, 4) is 0 Å². The monoisotopic (exact) mass is 422 g/mol. The lowest BCUT2D eigenvalue weighted by Crippen LogP contribution is -2.75. The molecule has 2 rings (SSSR count). The van der Waals surface area contributed by atoms with Gasteiger partial charge in [-0.05, 0) is 47.0 Å². The van der Waals surface area contributed by atoms with Crippen molar-refractivity contribution in [2.75, 3.05) is 13.2 Å². The quantitative estimate of drug-likeness (QED) is 0.738. The van der Waals surface area contributed by atoms with E-state index < -0.39 is 11.0 Å². The van der Waals surface area contributed by atoms with E-state index in [9.17, 15) is 9.18 Å². The molecule has 1 amide bonds. The van der Waals surface area contributed by atoms with Gasteiger partial charge >= 0.3 is 0 Å². The summed E-state index contributed by atoms with van der Waals surface area (Å²) in [6.07, 6.45) is 1.16. The van der Waals surface area contributed by atoms with Crippen LogP contribution in [0.4, 0.5) is 4.39 Å². The first-order valence-electron chi connectivity index (χ1n) is 7.85.